The molecule has 0 fully saturated rings. The molecule has 0 radical (unpaired) electrons. The first kappa shape index (κ1) is 16.1. The van der Waals surface area contributed by atoms with Crippen molar-refractivity contribution in [2.75, 3.05) is 13.2 Å². The number of ether oxygens (including phenoxy) is 1. The molecule has 112 valence electrons. The molecule has 0 unspecified atom stereocenters. The van der Waals surface area contributed by atoms with E-state index in [0.29, 0.717) is 12.2 Å². The summed E-state index contributed by atoms with van der Waals surface area (Å²) < 4.78 is 6.32. The van der Waals surface area contributed by atoms with Crippen molar-refractivity contribution in [3.63, 3.8) is 0 Å². The molecular weight excluding hydrogens is 342 g/mol. The van der Waals surface area contributed by atoms with Crippen LogP contribution in [0.15, 0.2) is 53.0 Å². The Morgan fingerprint density at radius 1 is 1.14 bits per heavy atom. The smallest absolute Gasteiger partial charge is 0.253 e. The summed E-state index contributed by atoms with van der Waals surface area (Å²) in [6.45, 7) is 2.58. The highest BCUT2D eigenvalue weighted by molar-refractivity contribution is 9.10. The Bertz CT molecular complexity index is 716. The fourth-order valence-corrected chi connectivity index (χ4v) is 2.28. The number of aryl methyl sites for hydroxylation is 1. The Hall–Kier alpha value is -2.25. The van der Waals surface area contributed by atoms with Gasteiger partial charge in [-0.1, -0.05) is 42.2 Å². The third-order valence-corrected chi connectivity index (χ3v) is 3.67. The van der Waals surface area contributed by atoms with Gasteiger partial charge in [0.2, 0.25) is 0 Å². The van der Waals surface area contributed by atoms with Crippen LogP contribution in [0.1, 0.15) is 15.9 Å². The van der Waals surface area contributed by atoms with Crippen LogP contribution < -0.4 is 10.1 Å². The van der Waals surface area contributed by atoms with E-state index in [1.165, 1.54) is 0 Å². The summed E-state index contributed by atoms with van der Waals surface area (Å²) >= 11 is 3.35. The number of amides is 1. The van der Waals surface area contributed by atoms with Gasteiger partial charge in [0.25, 0.3) is 5.91 Å². The molecule has 3 nitrogen and oxygen atoms in total. The van der Waals surface area contributed by atoms with Crippen molar-refractivity contribution in [3.05, 3.63) is 64.1 Å². The van der Waals surface area contributed by atoms with Crippen LogP contribution >= 0.6 is 15.9 Å². The van der Waals surface area contributed by atoms with Gasteiger partial charge < -0.3 is 10.1 Å². The van der Waals surface area contributed by atoms with E-state index in [4.69, 9.17) is 4.74 Å². The molecule has 1 amide bonds. The van der Waals surface area contributed by atoms with Gasteiger partial charge in [0, 0.05) is 4.47 Å². The molecule has 22 heavy (non-hydrogen) atoms. The monoisotopic (exact) mass is 357 g/mol. The Balaban J connectivity index is 1.77. The zero-order valence-corrected chi connectivity index (χ0v) is 13.8. The van der Waals surface area contributed by atoms with Crippen molar-refractivity contribution in [1.82, 2.24) is 5.32 Å². The number of para-hydroxylation sites is 1. The van der Waals surface area contributed by atoms with E-state index < -0.39 is 0 Å². The minimum atomic E-state index is -0.151. The number of carbonyl (C=O) groups is 1. The molecule has 0 aliphatic carbocycles. The second kappa shape index (κ2) is 8.26. The van der Waals surface area contributed by atoms with Gasteiger partial charge in [-0.2, -0.15) is 0 Å². The van der Waals surface area contributed by atoms with Crippen LogP contribution in [0.3, 0.4) is 0 Å². The first-order chi connectivity index (χ1) is 10.7. The molecule has 0 saturated carbocycles. The van der Waals surface area contributed by atoms with Crippen molar-refractivity contribution >= 4 is 21.8 Å². The highest BCUT2D eigenvalue weighted by atomic mass is 79.9. The summed E-state index contributed by atoms with van der Waals surface area (Å²) in [5, 5.41) is 2.75. The maximum atomic E-state index is 11.9. The number of halogens is 1. The summed E-state index contributed by atoms with van der Waals surface area (Å²) in [4.78, 5) is 11.9. The SMILES string of the molecule is Cc1ccccc1OCC#CCNC(=O)c1ccccc1Br. The third kappa shape index (κ3) is 4.64. The number of hydrogen-bond donors (Lipinski definition) is 1. The Morgan fingerprint density at radius 3 is 2.64 bits per heavy atom. The van der Waals surface area contributed by atoms with Crippen LogP contribution in [0.5, 0.6) is 5.75 Å². The minimum Gasteiger partial charge on any atom is -0.481 e. The zero-order chi connectivity index (χ0) is 15.8. The molecule has 0 heterocycles. The van der Waals surface area contributed by atoms with Crippen molar-refractivity contribution < 1.29 is 9.53 Å². The molecule has 0 spiro atoms. The van der Waals surface area contributed by atoms with Crippen molar-refractivity contribution in [2.45, 2.75) is 6.92 Å². The normalized spacial score (nSPS) is 9.55. The average Bonchev–Trinajstić information content (AvgIpc) is 2.52. The summed E-state index contributed by atoms with van der Waals surface area (Å²) in [5.74, 6) is 6.43. The van der Waals surface area contributed by atoms with Gasteiger partial charge in [0.15, 0.2) is 0 Å². The Kier molecular flexibility index (Phi) is 6.05. The van der Waals surface area contributed by atoms with Gasteiger partial charge >= 0.3 is 0 Å². The van der Waals surface area contributed by atoms with Crippen LogP contribution in [0, 0.1) is 18.8 Å². The molecule has 0 saturated heterocycles. The predicted octanol–water partition coefficient (Wildman–Crippen LogP) is 3.57. The lowest BCUT2D eigenvalue weighted by Crippen LogP contribution is -2.23. The van der Waals surface area contributed by atoms with E-state index >= 15 is 0 Å². The average molecular weight is 358 g/mol. The van der Waals surface area contributed by atoms with Crippen molar-refractivity contribution in [3.8, 4) is 17.6 Å². The third-order valence-electron chi connectivity index (χ3n) is 2.97. The molecule has 1 N–H and O–H groups in total. The van der Waals surface area contributed by atoms with Gasteiger partial charge in [0.1, 0.15) is 12.4 Å². The van der Waals surface area contributed by atoms with Gasteiger partial charge in [-0.05, 0) is 46.6 Å². The summed E-state index contributed by atoms with van der Waals surface area (Å²) in [6.07, 6.45) is 0. The highest BCUT2D eigenvalue weighted by Crippen LogP contribution is 2.16. The van der Waals surface area contributed by atoms with E-state index in [1.807, 2.05) is 49.4 Å². The first-order valence-electron chi connectivity index (χ1n) is 6.85. The lowest BCUT2D eigenvalue weighted by atomic mass is 10.2. The molecule has 0 aromatic heterocycles. The molecule has 0 bridgehead atoms. The highest BCUT2D eigenvalue weighted by Gasteiger charge is 2.06. The van der Waals surface area contributed by atoms with Crippen LogP contribution in [0.2, 0.25) is 0 Å². The molecule has 2 aromatic carbocycles. The topological polar surface area (TPSA) is 38.3 Å². The van der Waals surface area contributed by atoms with Gasteiger partial charge in [-0.25, -0.2) is 0 Å². The lowest BCUT2D eigenvalue weighted by Gasteiger charge is -2.05. The van der Waals surface area contributed by atoms with Gasteiger partial charge in [-0.15, -0.1) is 0 Å². The number of benzene rings is 2. The van der Waals surface area contributed by atoms with Crippen molar-refractivity contribution in [1.29, 1.82) is 0 Å². The maximum absolute atomic E-state index is 11.9. The van der Waals surface area contributed by atoms with E-state index in [-0.39, 0.29) is 12.5 Å². The molecule has 0 atom stereocenters. The van der Waals surface area contributed by atoms with E-state index in [1.54, 1.807) is 6.07 Å². The van der Waals surface area contributed by atoms with Gasteiger partial charge in [-0.3, -0.25) is 4.79 Å². The van der Waals surface area contributed by atoms with E-state index in [2.05, 4.69) is 33.1 Å². The van der Waals surface area contributed by atoms with Crippen LogP contribution in [0.4, 0.5) is 0 Å². The first-order valence-corrected chi connectivity index (χ1v) is 7.64. The van der Waals surface area contributed by atoms with Crippen LogP contribution in [-0.2, 0) is 0 Å². The number of carbonyl (C=O) groups excluding carboxylic acids is 1. The second-order valence-corrected chi connectivity index (χ2v) is 5.42. The lowest BCUT2D eigenvalue weighted by molar-refractivity contribution is 0.0958. The summed E-state index contributed by atoms with van der Waals surface area (Å²) in [7, 11) is 0. The Morgan fingerprint density at radius 2 is 1.86 bits per heavy atom. The van der Waals surface area contributed by atoms with Crippen molar-refractivity contribution in [2.24, 2.45) is 0 Å². The standard InChI is InChI=1S/C18H16BrNO2/c1-14-8-2-5-11-17(14)22-13-7-6-12-20-18(21)15-9-3-4-10-16(15)19/h2-5,8-11H,12-13H2,1H3,(H,20,21). The van der Waals surface area contributed by atoms with Gasteiger partial charge in [0.05, 0.1) is 12.1 Å². The summed E-state index contributed by atoms with van der Waals surface area (Å²) in [5.41, 5.74) is 1.67. The fraction of sp³-hybridized carbons (Fsp3) is 0.167. The zero-order valence-electron chi connectivity index (χ0n) is 12.2. The maximum Gasteiger partial charge on any atom is 0.253 e. The number of hydrogen-bond acceptors (Lipinski definition) is 2. The minimum absolute atomic E-state index is 0.151. The molecular formula is C18H16BrNO2. The quantitative estimate of drug-likeness (QED) is 0.849. The second-order valence-electron chi connectivity index (χ2n) is 4.57. The molecule has 0 aliphatic rings. The van der Waals surface area contributed by atoms with Crippen LogP contribution in [-0.4, -0.2) is 19.1 Å². The van der Waals surface area contributed by atoms with E-state index in [9.17, 15) is 4.79 Å². The summed E-state index contributed by atoms with van der Waals surface area (Å²) in [6, 6.07) is 15.1. The predicted molar refractivity (Wildman–Crippen MR) is 90.9 cm³/mol. The largest absolute Gasteiger partial charge is 0.481 e. The molecule has 4 heteroatoms. The molecule has 2 rings (SSSR count). The molecule has 2 aromatic rings. The van der Waals surface area contributed by atoms with Crippen LogP contribution in [0.25, 0.3) is 0 Å². The number of nitrogens with one attached hydrogen (secondary N) is 1. The Labute approximate surface area is 138 Å². The number of rotatable bonds is 4. The fourth-order valence-electron chi connectivity index (χ4n) is 1.81. The molecule has 0 aliphatic heterocycles. The van der Waals surface area contributed by atoms with E-state index in [0.717, 1.165) is 15.8 Å².